The number of fused-ring (bicyclic) bond motifs is 1. The second-order valence-electron chi connectivity index (χ2n) is 7.33. The number of aryl methyl sites for hydroxylation is 1. The van der Waals surface area contributed by atoms with Crippen LogP contribution in [0.25, 0.3) is 10.9 Å². The Hall–Kier alpha value is -3.64. The highest BCUT2D eigenvalue weighted by Gasteiger charge is 2.18. The van der Waals surface area contributed by atoms with Crippen molar-refractivity contribution in [3.63, 3.8) is 0 Å². The van der Waals surface area contributed by atoms with Gasteiger partial charge in [0.05, 0.1) is 18.8 Å². The molecule has 4 aromatic rings. The first-order valence-electron chi connectivity index (χ1n) is 9.82. The number of carbonyl (C=O) groups excluding carboxylic acids is 1. The lowest BCUT2D eigenvalue weighted by atomic mass is 10.1. The summed E-state index contributed by atoms with van der Waals surface area (Å²) in [4.78, 5) is 34.6. The van der Waals surface area contributed by atoms with Crippen molar-refractivity contribution in [1.82, 2.24) is 14.9 Å². The van der Waals surface area contributed by atoms with E-state index >= 15 is 0 Å². The normalized spacial score (nSPS) is 10.8. The second-order valence-corrected chi connectivity index (χ2v) is 7.77. The number of aromatic nitrogens is 2. The van der Waals surface area contributed by atoms with E-state index in [1.165, 1.54) is 0 Å². The smallest absolute Gasteiger partial charge is 0.322 e. The standard InChI is InChI=1S/C24H21ClN4O2/c1-16-8-9-17-12-18(23(30)28-22(17)11-16)14-29(15-21-6-2-3-10-26-21)24(31)27-20-7-4-5-19(25)13-20/h2-13H,14-15H2,1H3,(H,27,31)(H,28,30). The van der Waals surface area contributed by atoms with Crippen LogP contribution in [0.4, 0.5) is 10.5 Å². The van der Waals surface area contributed by atoms with Crippen LogP contribution >= 0.6 is 11.6 Å². The number of pyridine rings is 2. The Balaban J connectivity index is 1.64. The van der Waals surface area contributed by atoms with Crippen molar-refractivity contribution >= 4 is 34.2 Å². The topological polar surface area (TPSA) is 78.1 Å². The van der Waals surface area contributed by atoms with E-state index in [4.69, 9.17) is 11.6 Å². The van der Waals surface area contributed by atoms with Crippen molar-refractivity contribution in [2.75, 3.05) is 5.32 Å². The number of amides is 2. The molecule has 0 saturated carbocycles. The molecule has 0 spiro atoms. The Labute approximate surface area is 184 Å². The molecule has 2 heterocycles. The number of anilines is 1. The molecule has 0 atom stereocenters. The molecule has 0 radical (unpaired) electrons. The van der Waals surface area contributed by atoms with Crippen LogP contribution in [0, 0.1) is 6.92 Å². The number of nitrogens with one attached hydrogen (secondary N) is 2. The van der Waals surface area contributed by atoms with Gasteiger partial charge in [-0.3, -0.25) is 9.78 Å². The number of hydrogen-bond donors (Lipinski definition) is 2. The maximum Gasteiger partial charge on any atom is 0.322 e. The van der Waals surface area contributed by atoms with Gasteiger partial charge in [0.25, 0.3) is 5.56 Å². The molecule has 156 valence electrons. The van der Waals surface area contributed by atoms with Crippen molar-refractivity contribution in [3.8, 4) is 0 Å². The SMILES string of the molecule is Cc1ccc2cc(CN(Cc3ccccn3)C(=O)Nc3cccc(Cl)c3)c(=O)[nH]c2c1. The Morgan fingerprint density at radius 3 is 2.71 bits per heavy atom. The number of aromatic amines is 1. The fourth-order valence-corrected chi connectivity index (χ4v) is 3.53. The molecule has 0 fully saturated rings. The minimum absolute atomic E-state index is 0.127. The average Bonchev–Trinajstić information content (AvgIpc) is 2.74. The molecule has 2 aromatic carbocycles. The van der Waals surface area contributed by atoms with Gasteiger partial charge < -0.3 is 15.2 Å². The van der Waals surface area contributed by atoms with E-state index in [9.17, 15) is 9.59 Å². The number of carbonyl (C=O) groups is 1. The zero-order valence-electron chi connectivity index (χ0n) is 16.9. The van der Waals surface area contributed by atoms with Gasteiger partial charge in [0, 0.05) is 28.0 Å². The number of nitrogens with zero attached hydrogens (tertiary/aromatic N) is 2. The van der Waals surface area contributed by atoms with Crippen LogP contribution in [0.15, 0.2) is 77.7 Å². The van der Waals surface area contributed by atoms with Crippen molar-refractivity contribution < 1.29 is 4.79 Å². The van der Waals surface area contributed by atoms with Gasteiger partial charge in [-0.2, -0.15) is 0 Å². The molecule has 6 nitrogen and oxygen atoms in total. The molecule has 2 amide bonds. The maximum absolute atomic E-state index is 13.1. The molecule has 0 bridgehead atoms. The molecule has 0 unspecified atom stereocenters. The van der Waals surface area contributed by atoms with Crippen LogP contribution in [0.3, 0.4) is 0 Å². The summed E-state index contributed by atoms with van der Waals surface area (Å²) in [5.74, 6) is 0. The number of H-pyrrole nitrogens is 1. The zero-order chi connectivity index (χ0) is 21.8. The molecule has 0 aliphatic rings. The van der Waals surface area contributed by atoms with E-state index in [0.29, 0.717) is 16.3 Å². The summed E-state index contributed by atoms with van der Waals surface area (Å²) in [5.41, 5.74) is 3.40. The molecule has 0 aliphatic carbocycles. The number of hydrogen-bond acceptors (Lipinski definition) is 3. The lowest BCUT2D eigenvalue weighted by Gasteiger charge is -2.23. The minimum Gasteiger partial charge on any atom is -0.322 e. The van der Waals surface area contributed by atoms with Crippen molar-refractivity contribution in [3.05, 3.63) is 105 Å². The molecule has 7 heteroatoms. The zero-order valence-corrected chi connectivity index (χ0v) is 17.7. The monoisotopic (exact) mass is 432 g/mol. The van der Waals surface area contributed by atoms with Gasteiger partial charge in [-0.1, -0.05) is 35.9 Å². The molecule has 2 aromatic heterocycles. The minimum atomic E-state index is -0.351. The van der Waals surface area contributed by atoms with Gasteiger partial charge in [-0.15, -0.1) is 0 Å². The third kappa shape index (κ3) is 5.10. The lowest BCUT2D eigenvalue weighted by molar-refractivity contribution is 0.205. The second kappa shape index (κ2) is 9.02. The van der Waals surface area contributed by atoms with Gasteiger partial charge in [-0.05, 0) is 60.3 Å². The predicted octanol–water partition coefficient (Wildman–Crippen LogP) is 5.12. The van der Waals surface area contributed by atoms with E-state index in [-0.39, 0.29) is 24.7 Å². The summed E-state index contributed by atoms with van der Waals surface area (Å²) in [6.07, 6.45) is 1.67. The molecule has 0 aliphatic heterocycles. The van der Waals surface area contributed by atoms with E-state index in [1.54, 1.807) is 35.4 Å². The van der Waals surface area contributed by atoms with Crippen LogP contribution in [-0.4, -0.2) is 20.9 Å². The van der Waals surface area contributed by atoms with Crippen LogP contribution in [0.2, 0.25) is 5.02 Å². The van der Waals surface area contributed by atoms with Crippen molar-refractivity contribution in [2.24, 2.45) is 0 Å². The largest absolute Gasteiger partial charge is 0.322 e. The number of rotatable bonds is 5. The van der Waals surface area contributed by atoms with Crippen LogP contribution in [0.1, 0.15) is 16.8 Å². The highest BCUT2D eigenvalue weighted by Crippen LogP contribution is 2.18. The quantitative estimate of drug-likeness (QED) is 0.459. The Morgan fingerprint density at radius 2 is 1.94 bits per heavy atom. The summed E-state index contributed by atoms with van der Waals surface area (Å²) < 4.78 is 0. The Kier molecular flexibility index (Phi) is 6.00. The highest BCUT2D eigenvalue weighted by molar-refractivity contribution is 6.30. The molecule has 31 heavy (non-hydrogen) atoms. The van der Waals surface area contributed by atoms with Gasteiger partial charge in [0.1, 0.15) is 0 Å². The fourth-order valence-electron chi connectivity index (χ4n) is 3.34. The maximum atomic E-state index is 13.1. The molecular formula is C24H21ClN4O2. The van der Waals surface area contributed by atoms with E-state index in [2.05, 4.69) is 15.3 Å². The first kappa shape index (κ1) is 20.6. The third-order valence-corrected chi connectivity index (χ3v) is 5.12. The van der Waals surface area contributed by atoms with Gasteiger partial charge in [-0.25, -0.2) is 4.79 Å². The van der Waals surface area contributed by atoms with Crippen LogP contribution in [-0.2, 0) is 13.1 Å². The fraction of sp³-hybridized carbons (Fsp3) is 0.125. The Bertz CT molecular complexity index is 1290. The molecule has 2 N–H and O–H groups in total. The van der Waals surface area contributed by atoms with Gasteiger partial charge in [0.2, 0.25) is 0 Å². The number of benzene rings is 2. The first-order valence-corrected chi connectivity index (χ1v) is 10.2. The number of urea groups is 1. The first-order chi connectivity index (χ1) is 15.0. The summed E-state index contributed by atoms with van der Waals surface area (Å²) >= 11 is 6.03. The van der Waals surface area contributed by atoms with Gasteiger partial charge >= 0.3 is 6.03 Å². The summed E-state index contributed by atoms with van der Waals surface area (Å²) in [6, 6.07) is 19.8. The predicted molar refractivity (Wildman–Crippen MR) is 123 cm³/mol. The van der Waals surface area contributed by atoms with Crippen LogP contribution < -0.4 is 10.9 Å². The number of halogens is 1. The summed E-state index contributed by atoms with van der Waals surface area (Å²) in [5, 5.41) is 4.28. The molecule has 4 rings (SSSR count). The summed E-state index contributed by atoms with van der Waals surface area (Å²) in [6.45, 7) is 2.35. The molecular weight excluding hydrogens is 412 g/mol. The lowest BCUT2D eigenvalue weighted by Crippen LogP contribution is -2.36. The highest BCUT2D eigenvalue weighted by atomic mass is 35.5. The Morgan fingerprint density at radius 1 is 1.06 bits per heavy atom. The van der Waals surface area contributed by atoms with E-state index in [1.807, 2.05) is 49.4 Å². The van der Waals surface area contributed by atoms with Crippen LogP contribution in [0.5, 0.6) is 0 Å². The summed E-state index contributed by atoms with van der Waals surface area (Å²) in [7, 11) is 0. The van der Waals surface area contributed by atoms with Crippen molar-refractivity contribution in [2.45, 2.75) is 20.0 Å². The van der Waals surface area contributed by atoms with Crippen molar-refractivity contribution in [1.29, 1.82) is 0 Å². The van der Waals surface area contributed by atoms with Gasteiger partial charge in [0.15, 0.2) is 0 Å². The third-order valence-electron chi connectivity index (χ3n) is 4.88. The van der Waals surface area contributed by atoms with E-state index in [0.717, 1.165) is 22.2 Å². The average molecular weight is 433 g/mol. The molecule has 0 saturated heterocycles. The van der Waals surface area contributed by atoms with E-state index < -0.39 is 0 Å².